The molecule has 0 saturated heterocycles. The number of halogens is 1. The first-order valence-corrected chi connectivity index (χ1v) is 8.32. The van der Waals surface area contributed by atoms with Crippen molar-refractivity contribution < 1.29 is 19.1 Å². The molecule has 124 valence electrons. The van der Waals surface area contributed by atoms with Gasteiger partial charge in [-0.25, -0.2) is 0 Å². The number of esters is 2. The molecule has 0 spiro atoms. The first kappa shape index (κ1) is 19.4. The Balaban J connectivity index is 2.86. The van der Waals surface area contributed by atoms with Crippen molar-refractivity contribution in [1.82, 2.24) is 0 Å². The van der Waals surface area contributed by atoms with Crippen LogP contribution in [0.2, 0.25) is 0 Å². The average Bonchev–Trinajstić information content (AvgIpc) is 2.56. The van der Waals surface area contributed by atoms with Crippen LogP contribution in [0.15, 0.2) is 49.6 Å². The van der Waals surface area contributed by atoms with Crippen LogP contribution in [0, 0.1) is 8.99 Å². The molecule has 0 aliphatic carbocycles. The number of benzene rings is 1. The van der Waals surface area contributed by atoms with Gasteiger partial charge in [0, 0.05) is 3.57 Å². The van der Waals surface area contributed by atoms with Crippen molar-refractivity contribution in [2.24, 2.45) is 5.41 Å². The Kier molecular flexibility index (Phi) is 8.02. The molecule has 0 unspecified atom stereocenters. The summed E-state index contributed by atoms with van der Waals surface area (Å²) in [5.41, 5.74) is -0.306. The van der Waals surface area contributed by atoms with Crippen molar-refractivity contribution in [3.05, 3.63) is 58.7 Å². The number of aryl methyl sites for hydroxylation is 1. The molecule has 0 aromatic heterocycles. The fourth-order valence-electron chi connectivity index (χ4n) is 1.92. The van der Waals surface area contributed by atoms with E-state index >= 15 is 0 Å². The SMILES string of the molecule is C=CCOC(=O)C(C)(CCc1ccc(I)cc1)C(=O)OCC=C. The van der Waals surface area contributed by atoms with Crippen molar-refractivity contribution in [3.8, 4) is 0 Å². The van der Waals surface area contributed by atoms with Gasteiger partial charge in [-0.3, -0.25) is 9.59 Å². The van der Waals surface area contributed by atoms with Crippen molar-refractivity contribution >= 4 is 34.5 Å². The van der Waals surface area contributed by atoms with Crippen LogP contribution < -0.4 is 0 Å². The lowest BCUT2D eigenvalue weighted by Crippen LogP contribution is -2.40. The number of carbonyl (C=O) groups is 2. The van der Waals surface area contributed by atoms with Crippen molar-refractivity contribution in [2.45, 2.75) is 19.8 Å². The van der Waals surface area contributed by atoms with Gasteiger partial charge < -0.3 is 9.47 Å². The van der Waals surface area contributed by atoms with Gasteiger partial charge in [0.05, 0.1) is 0 Å². The second-order valence-corrected chi connectivity index (χ2v) is 6.48. The van der Waals surface area contributed by atoms with Crippen LogP contribution >= 0.6 is 22.6 Å². The lowest BCUT2D eigenvalue weighted by atomic mass is 9.84. The molecule has 0 bridgehead atoms. The number of hydrogen-bond acceptors (Lipinski definition) is 4. The summed E-state index contributed by atoms with van der Waals surface area (Å²) in [4.78, 5) is 24.6. The molecule has 0 amide bonds. The van der Waals surface area contributed by atoms with E-state index in [9.17, 15) is 9.59 Å². The molecule has 0 N–H and O–H groups in total. The summed E-state index contributed by atoms with van der Waals surface area (Å²) in [5, 5.41) is 0. The molecule has 0 heterocycles. The van der Waals surface area contributed by atoms with E-state index in [0.29, 0.717) is 12.8 Å². The zero-order valence-electron chi connectivity index (χ0n) is 13.2. The molecule has 0 saturated carbocycles. The van der Waals surface area contributed by atoms with E-state index < -0.39 is 17.4 Å². The highest BCUT2D eigenvalue weighted by atomic mass is 127. The van der Waals surface area contributed by atoms with Crippen LogP contribution in [0.3, 0.4) is 0 Å². The summed E-state index contributed by atoms with van der Waals surface area (Å²) >= 11 is 2.23. The van der Waals surface area contributed by atoms with Gasteiger partial charge in [-0.15, -0.1) is 0 Å². The van der Waals surface area contributed by atoms with Crippen LogP contribution in [0.25, 0.3) is 0 Å². The number of rotatable bonds is 9. The van der Waals surface area contributed by atoms with Gasteiger partial charge in [-0.1, -0.05) is 37.4 Å². The van der Waals surface area contributed by atoms with Crippen molar-refractivity contribution in [1.29, 1.82) is 0 Å². The summed E-state index contributed by atoms with van der Waals surface area (Å²) < 4.78 is 11.3. The molecule has 0 radical (unpaired) electrons. The third-order valence-electron chi connectivity index (χ3n) is 3.39. The topological polar surface area (TPSA) is 52.6 Å². The maximum absolute atomic E-state index is 12.3. The standard InChI is InChI=1S/C18H21IO4/c1-4-12-22-16(20)18(3,17(21)23-13-5-2)11-10-14-6-8-15(19)9-7-14/h4-9H,1-2,10-13H2,3H3. The van der Waals surface area contributed by atoms with E-state index in [-0.39, 0.29) is 13.2 Å². The van der Waals surface area contributed by atoms with E-state index in [1.54, 1.807) is 6.92 Å². The predicted octanol–water partition coefficient (Wildman–Crippen LogP) is 3.69. The molecule has 5 heteroatoms. The van der Waals surface area contributed by atoms with Crippen molar-refractivity contribution in [3.63, 3.8) is 0 Å². The Hall–Kier alpha value is -1.63. The molecule has 0 aliphatic rings. The first-order valence-electron chi connectivity index (χ1n) is 7.24. The minimum atomic E-state index is -1.35. The summed E-state index contributed by atoms with van der Waals surface area (Å²) in [5.74, 6) is -1.20. The average molecular weight is 428 g/mol. The molecular weight excluding hydrogens is 407 g/mol. The van der Waals surface area contributed by atoms with Gasteiger partial charge in [-0.05, 0) is 60.1 Å². The summed E-state index contributed by atoms with van der Waals surface area (Å²) in [6, 6.07) is 7.93. The minimum Gasteiger partial charge on any atom is -0.461 e. The maximum Gasteiger partial charge on any atom is 0.323 e. The first-order chi connectivity index (χ1) is 10.9. The second kappa shape index (κ2) is 9.50. The number of carbonyl (C=O) groups excluding carboxylic acids is 2. The van der Waals surface area contributed by atoms with Gasteiger partial charge in [0.15, 0.2) is 5.41 Å². The van der Waals surface area contributed by atoms with Crippen LogP contribution in [0.1, 0.15) is 18.9 Å². The highest BCUT2D eigenvalue weighted by molar-refractivity contribution is 14.1. The van der Waals surface area contributed by atoms with E-state index in [1.807, 2.05) is 24.3 Å². The monoisotopic (exact) mass is 428 g/mol. The zero-order valence-corrected chi connectivity index (χ0v) is 15.4. The maximum atomic E-state index is 12.3. The largest absolute Gasteiger partial charge is 0.461 e. The lowest BCUT2D eigenvalue weighted by Gasteiger charge is -2.25. The Morgan fingerprint density at radius 3 is 2.00 bits per heavy atom. The molecule has 4 nitrogen and oxygen atoms in total. The highest BCUT2D eigenvalue weighted by Crippen LogP contribution is 2.28. The van der Waals surface area contributed by atoms with Gasteiger partial charge in [0.25, 0.3) is 0 Å². The number of ether oxygens (including phenoxy) is 2. The molecule has 1 rings (SSSR count). The zero-order chi connectivity index (χ0) is 17.3. The van der Waals surface area contributed by atoms with E-state index in [2.05, 4.69) is 35.7 Å². The smallest absolute Gasteiger partial charge is 0.323 e. The Morgan fingerprint density at radius 1 is 1.09 bits per heavy atom. The van der Waals surface area contributed by atoms with Crippen LogP contribution in [0.5, 0.6) is 0 Å². The van der Waals surface area contributed by atoms with E-state index in [1.165, 1.54) is 12.2 Å². The Morgan fingerprint density at radius 2 is 1.57 bits per heavy atom. The van der Waals surface area contributed by atoms with Crippen LogP contribution in [-0.2, 0) is 25.5 Å². The Bertz CT molecular complexity index is 539. The molecule has 23 heavy (non-hydrogen) atoms. The quantitative estimate of drug-likeness (QED) is 0.261. The second-order valence-electron chi connectivity index (χ2n) is 5.23. The van der Waals surface area contributed by atoms with E-state index in [4.69, 9.17) is 9.47 Å². The predicted molar refractivity (Wildman–Crippen MR) is 97.9 cm³/mol. The molecule has 1 aromatic carbocycles. The minimum absolute atomic E-state index is 0.0622. The fourth-order valence-corrected chi connectivity index (χ4v) is 2.28. The Labute approximate surface area is 150 Å². The third kappa shape index (κ3) is 5.82. The van der Waals surface area contributed by atoms with Gasteiger partial charge in [0.2, 0.25) is 0 Å². The molecule has 0 aliphatic heterocycles. The number of hydrogen-bond donors (Lipinski definition) is 0. The van der Waals surface area contributed by atoms with Crippen LogP contribution in [-0.4, -0.2) is 25.2 Å². The molecule has 0 atom stereocenters. The summed E-state index contributed by atoms with van der Waals surface area (Å²) in [7, 11) is 0. The summed E-state index contributed by atoms with van der Waals surface area (Å²) in [6.45, 7) is 8.68. The van der Waals surface area contributed by atoms with Crippen molar-refractivity contribution in [2.75, 3.05) is 13.2 Å². The molecular formula is C18H21IO4. The molecule has 1 aromatic rings. The van der Waals surface area contributed by atoms with Gasteiger partial charge >= 0.3 is 11.9 Å². The normalized spacial score (nSPS) is 10.7. The highest BCUT2D eigenvalue weighted by Gasteiger charge is 2.43. The third-order valence-corrected chi connectivity index (χ3v) is 4.11. The fraction of sp³-hybridized carbons (Fsp3) is 0.333. The van der Waals surface area contributed by atoms with E-state index in [0.717, 1.165) is 9.13 Å². The van der Waals surface area contributed by atoms with Gasteiger partial charge in [-0.2, -0.15) is 0 Å². The van der Waals surface area contributed by atoms with Crippen LogP contribution in [0.4, 0.5) is 0 Å². The lowest BCUT2D eigenvalue weighted by molar-refractivity contribution is -0.170. The summed E-state index contributed by atoms with van der Waals surface area (Å²) in [6.07, 6.45) is 3.80. The molecule has 0 fully saturated rings. The van der Waals surface area contributed by atoms with Gasteiger partial charge in [0.1, 0.15) is 13.2 Å².